The first kappa shape index (κ1) is 9.97. The molecule has 3 rings (SSSR count). The van der Waals surface area contributed by atoms with Crippen molar-refractivity contribution in [3.8, 4) is 0 Å². The van der Waals surface area contributed by atoms with E-state index in [9.17, 15) is 0 Å². The van der Waals surface area contributed by atoms with Crippen LogP contribution in [0.3, 0.4) is 0 Å². The second-order valence-corrected chi connectivity index (χ2v) is 4.76. The lowest BCUT2D eigenvalue weighted by atomic mass is 9.95. The molecule has 3 N–H and O–H groups in total. The summed E-state index contributed by atoms with van der Waals surface area (Å²) >= 11 is 0. The van der Waals surface area contributed by atoms with Crippen molar-refractivity contribution in [3.05, 3.63) is 35.7 Å². The third kappa shape index (κ3) is 1.55. The van der Waals surface area contributed by atoms with Crippen LogP contribution >= 0.6 is 0 Å². The van der Waals surface area contributed by atoms with Crippen LogP contribution in [-0.4, -0.2) is 23.7 Å². The maximum atomic E-state index is 6.18. The molecular formula is C13H19N3. The first-order valence-electron chi connectivity index (χ1n) is 6.19. The van der Waals surface area contributed by atoms with E-state index in [1.54, 1.807) is 0 Å². The quantitative estimate of drug-likeness (QED) is 0.653. The minimum absolute atomic E-state index is 0.178. The molecule has 0 amide bonds. The van der Waals surface area contributed by atoms with E-state index in [0.717, 1.165) is 25.9 Å². The molecule has 2 atom stereocenters. The number of nitrogens with one attached hydrogen (secondary N) is 1. The molecule has 0 saturated carbocycles. The van der Waals surface area contributed by atoms with E-state index < -0.39 is 0 Å². The third-order valence-electron chi connectivity index (χ3n) is 3.75. The molecule has 16 heavy (non-hydrogen) atoms. The van der Waals surface area contributed by atoms with Crippen LogP contribution in [0.5, 0.6) is 0 Å². The van der Waals surface area contributed by atoms with Crippen LogP contribution in [-0.2, 0) is 0 Å². The van der Waals surface area contributed by atoms with E-state index in [2.05, 4.69) is 34.5 Å². The van der Waals surface area contributed by atoms with Gasteiger partial charge in [0.15, 0.2) is 0 Å². The van der Waals surface area contributed by atoms with E-state index in [4.69, 9.17) is 5.73 Å². The Hall–Kier alpha value is -1.22. The first-order chi connectivity index (χ1) is 7.86. The summed E-state index contributed by atoms with van der Waals surface area (Å²) in [6, 6.07) is 0.644. The Morgan fingerprint density at radius 2 is 2.25 bits per heavy atom. The summed E-state index contributed by atoms with van der Waals surface area (Å²) < 4.78 is 0. The fourth-order valence-corrected chi connectivity index (χ4v) is 2.87. The Kier molecular flexibility index (Phi) is 2.48. The van der Waals surface area contributed by atoms with Crippen LogP contribution in [0.15, 0.2) is 35.7 Å². The number of hydrogen-bond acceptors (Lipinski definition) is 3. The molecule has 0 aromatic rings. The lowest BCUT2D eigenvalue weighted by Gasteiger charge is -2.35. The molecule has 2 unspecified atom stereocenters. The van der Waals surface area contributed by atoms with Crippen LogP contribution in [0, 0.1) is 0 Å². The topological polar surface area (TPSA) is 41.3 Å². The fourth-order valence-electron chi connectivity index (χ4n) is 2.87. The molecule has 0 aromatic carbocycles. The van der Waals surface area contributed by atoms with Gasteiger partial charge in [0.05, 0.1) is 12.4 Å². The van der Waals surface area contributed by atoms with Crippen molar-refractivity contribution in [1.29, 1.82) is 0 Å². The highest BCUT2D eigenvalue weighted by Gasteiger charge is 2.31. The summed E-state index contributed by atoms with van der Waals surface area (Å²) in [7, 11) is 0. The molecule has 0 radical (unpaired) electrons. The second kappa shape index (κ2) is 3.98. The van der Waals surface area contributed by atoms with Crippen molar-refractivity contribution >= 4 is 0 Å². The van der Waals surface area contributed by atoms with E-state index in [-0.39, 0.29) is 6.04 Å². The second-order valence-electron chi connectivity index (χ2n) is 4.76. The predicted octanol–water partition coefficient (Wildman–Crippen LogP) is 1.46. The van der Waals surface area contributed by atoms with Gasteiger partial charge in [0.25, 0.3) is 0 Å². The maximum Gasteiger partial charge on any atom is 0.0878 e. The third-order valence-corrected chi connectivity index (χ3v) is 3.75. The molecule has 86 valence electrons. The van der Waals surface area contributed by atoms with Crippen molar-refractivity contribution in [2.45, 2.75) is 37.8 Å². The van der Waals surface area contributed by atoms with Gasteiger partial charge in [-0.1, -0.05) is 18.2 Å². The molecular weight excluding hydrogens is 198 g/mol. The van der Waals surface area contributed by atoms with Gasteiger partial charge in [-0.2, -0.15) is 0 Å². The zero-order valence-electron chi connectivity index (χ0n) is 9.52. The van der Waals surface area contributed by atoms with Crippen molar-refractivity contribution in [2.75, 3.05) is 6.67 Å². The SMILES string of the molecule is NC1C=CCCC1N1CNC2=C1C=CCC2. The molecule has 3 aliphatic rings. The number of rotatable bonds is 1. The van der Waals surface area contributed by atoms with Crippen molar-refractivity contribution in [3.63, 3.8) is 0 Å². The molecule has 1 aliphatic heterocycles. The monoisotopic (exact) mass is 217 g/mol. The largest absolute Gasteiger partial charge is 0.369 e. The predicted molar refractivity (Wildman–Crippen MR) is 65.4 cm³/mol. The van der Waals surface area contributed by atoms with Crippen LogP contribution in [0.25, 0.3) is 0 Å². The van der Waals surface area contributed by atoms with Crippen LogP contribution in [0.2, 0.25) is 0 Å². The Labute approximate surface area is 96.7 Å². The van der Waals surface area contributed by atoms with Crippen molar-refractivity contribution in [2.24, 2.45) is 5.73 Å². The van der Waals surface area contributed by atoms with E-state index in [1.807, 2.05) is 0 Å². The summed E-state index contributed by atoms with van der Waals surface area (Å²) in [4.78, 5) is 2.44. The van der Waals surface area contributed by atoms with Crippen LogP contribution < -0.4 is 11.1 Å². The van der Waals surface area contributed by atoms with Gasteiger partial charge >= 0.3 is 0 Å². The Bertz CT molecular complexity index is 367. The Morgan fingerprint density at radius 3 is 3.12 bits per heavy atom. The number of nitrogens with two attached hydrogens (primary N) is 1. The Balaban J connectivity index is 1.83. The highest BCUT2D eigenvalue weighted by molar-refractivity contribution is 5.32. The minimum Gasteiger partial charge on any atom is -0.369 e. The molecule has 2 aliphatic carbocycles. The first-order valence-corrected chi connectivity index (χ1v) is 6.19. The fraction of sp³-hybridized carbons (Fsp3) is 0.538. The number of allylic oxidation sites excluding steroid dienone is 4. The lowest BCUT2D eigenvalue weighted by molar-refractivity contribution is 0.236. The Morgan fingerprint density at radius 1 is 1.31 bits per heavy atom. The highest BCUT2D eigenvalue weighted by atomic mass is 15.3. The zero-order valence-corrected chi connectivity index (χ0v) is 9.52. The van der Waals surface area contributed by atoms with Crippen molar-refractivity contribution in [1.82, 2.24) is 10.2 Å². The summed E-state index contributed by atoms with van der Waals surface area (Å²) in [6.07, 6.45) is 13.5. The molecule has 0 saturated heterocycles. The maximum absolute atomic E-state index is 6.18. The summed E-state index contributed by atoms with van der Waals surface area (Å²) in [5.41, 5.74) is 8.96. The smallest absolute Gasteiger partial charge is 0.0878 e. The molecule has 3 heteroatoms. The van der Waals surface area contributed by atoms with Crippen LogP contribution in [0.4, 0.5) is 0 Å². The van der Waals surface area contributed by atoms with Gasteiger partial charge in [-0.3, -0.25) is 0 Å². The molecule has 3 nitrogen and oxygen atoms in total. The average Bonchev–Trinajstić information content (AvgIpc) is 2.74. The van der Waals surface area contributed by atoms with Crippen LogP contribution in [0.1, 0.15) is 25.7 Å². The molecule has 1 heterocycles. The number of hydrogen-bond donors (Lipinski definition) is 2. The normalized spacial score (nSPS) is 32.9. The van der Waals surface area contributed by atoms with Gasteiger partial charge in [0.2, 0.25) is 0 Å². The van der Waals surface area contributed by atoms with E-state index in [1.165, 1.54) is 17.8 Å². The van der Waals surface area contributed by atoms with Gasteiger partial charge in [0.1, 0.15) is 0 Å². The molecule has 0 aromatic heterocycles. The van der Waals surface area contributed by atoms with E-state index >= 15 is 0 Å². The molecule has 0 fully saturated rings. The average molecular weight is 217 g/mol. The number of nitrogens with zero attached hydrogens (tertiary/aromatic N) is 1. The van der Waals surface area contributed by atoms with Crippen molar-refractivity contribution < 1.29 is 0 Å². The molecule has 0 spiro atoms. The summed E-state index contributed by atoms with van der Waals surface area (Å²) in [6.45, 7) is 0.932. The van der Waals surface area contributed by atoms with Gasteiger partial charge in [0, 0.05) is 17.8 Å². The standard InChI is InChI=1S/C13H19N3/c14-10-5-1-3-7-12(10)16-9-15-11-6-2-4-8-13(11)16/h1,4-5,8,10,12,15H,2-3,6-7,9,14H2. The van der Waals surface area contributed by atoms with E-state index in [0.29, 0.717) is 6.04 Å². The lowest BCUT2D eigenvalue weighted by Crippen LogP contribution is -2.47. The van der Waals surface area contributed by atoms with Gasteiger partial charge in [-0.25, -0.2) is 0 Å². The van der Waals surface area contributed by atoms with Gasteiger partial charge in [-0.05, 0) is 31.8 Å². The summed E-state index contributed by atoms with van der Waals surface area (Å²) in [5.74, 6) is 0. The van der Waals surface area contributed by atoms with Gasteiger partial charge in [-0.15, -0.1) is 0 Å². The minimum atomic E-state index is 0.178. The highest BCUT2D eigenvalue weighted by Crippen LogP contribution is 2.29. The molecule has 0 bridgehead atoms. The zero-order chi connectivity index (χ0) is 11.0. The summed E-state index contributed by atoms with van der Waals surface area (Å²) in [5, 5.41) is 3.50. The van der Waals surface area contributed by atoms with Gasteiger partial charge < -0.3 is 16.0 Å².